The van der Waals surface area contributed by atoms with Gasteiger partial charge in [0.25, 0.3) is 0 Å². The van der Waals surface area contributed by atoms with Gasteiger partial charge in [-0.25, -0.2) is 8.78 Å². The number of nitrogens with one attached hydrogen (secondary N) is 1. The third kappa shape index (κ3) is 6.32. The Morgan fingerprint density at radius 2 is 1.84 bits per heavy atom. The zero-order valence-electron chi connectivity index (χ0n) is 21.1. The highest BCUT2D eigenvalue weighted by molar-refractivity contribution is 5.63. The number of halogens is 6. The number of benzene rings is 2. The second-order valence-corrected chi connectivity index (χ2v) is 10.3. The third-order valence-corrected chi connectivity index (χ3v) is 7.31. The van der Waals surface area contributed by atoms with E-state index < -0.39 is 43.1 Å². The molecule has 3 atom stereocenters. The first-order chi connectivity index (χ1) is 17.5. The summed E-state index contributed by atoms with van der Waals surface area (Å²) in [5.74, 6) is -1.79. The molecule has 0 saturated carbocycles. The van der Waals surface area contributed by atoms with Crippen LogP contribution in [0.5, 0.6) is 0 Å². The van der Waals surface area contributed by atoms with Gasteiger partial charge in [0.1, 0.15) is 11.6 Å². The van der Waals surface area contributed by atoms with Gasteiger partial charge in [-0.15, -0.1) is 0 Å². The van der Waals surface area contributed by atoms with Gasteiger partial charge >= 0.3 is 6.18 Å². The monoisotopic (exact) mass is 525 g/mol. The Kier molecular flexibility index (Phi) is 8.23. The van der Waals surface area contributed by atoms with E-state index in [-0.39, 0.29) is 17.3 Å². The second kappa shape index (κ2) is 11.1. The fourth-order valence-corrected chi connectivity index (χ4v) is 5.56. The van der Waals surface area contributed by atoms with Crippen molar-refractivity contribution in [1.82, 2.24) is 9.80 Å². The van der Waals surface area contributed by atoms with E-state index in [0.717, 1.165) is 46.7 Å². The predicted molar refractivity (Wildman–Crippen MR) is 134 cm³/mol. The van der Waals surface area contributed by atoms with Crippen LogP contribution in [0.1, 0.15) is 55.0 Å². The minimum atomic E-state index is -4.54. The van der Waals surface area contributed by atoms with E-state index >= 15 is 8.78 Å². The third-order valence-electron chi connectivity index (χ3n) is 7.31. The van der Waals surface area contributed by atoms with Crippen molar-refractivity contribution in [1.29, 1.82) is 0 Å². The minimum Gasteiger partial charge on any atom is -0.381 e. The molecule has 2 unspecified atom stereocenters. The van der Waals surface area contributed by atoms with Crippen LogP contribution in [0, 0.1) is 11.6 Å². The molecule has 1 fully saturated rings. The van der Waals surface area contributed by atoms with E-state index in [1.807, 2.05) is 13.0 Å². The van der Waals surface area contributed by atoms with Gasteiger partial charge in [-0.1, -0.05) is 30.4 Å². The number of alkyl halides is 4. The summed E-state index contributed by atoms with van der Waals surface area (Å²) in [6, 6.07) is 5.70. The Labute approximate surface area is 214 Å². The average Bonchev–Trinajstić information content (AvgIpc) is 3.25. The Morgan fingerprint density at radius 3 is 2.46 bits per heavy atom. The zero-order chi connectivity index (χ0) is 26.9. The number of allylic oxidation sites excluding steroid dienone is 1. The lowest BCUT2D eigenvalue weighted by molar-refractivity contribution is -0.155. The van der Waals surface area contributed by atoms with E-state index in [1.165, 1.54) is 0 Å². The van der Waals surface area contributed by atoms with Gasteiger partial charge in [-0.3, -0.25) is 9.29 Å². The average molecular weight is 526 g/mol. The highest BCUT2D eigenvalue weighted by Crippen LogP contribution is 2.42. The SMILES string of the molecule is C=C(C)c1ccc2c(c1)C[C@@H](C)N(CC(F)(F)F)C2c1c(F)cc(NC2CCN(CCCF)C2)cc1F. The topological polar surface area (TPSA) is 18.5 Å². The van der Waals surface area contributed by atoms with E-state index in [4.69, 9.17) is 0 Å². The molecule has 2 aliphatic rings. The van der Waals surface area contributed by atoms with Crippen molar-refractivity contribution in [2.75, 3.05) is 38.2 Å². The van der Waals surface area contributed by atoms with Gasteiger partial charge < -0.3 is 10.2 Å². The quantitative estimate of drug-likeness (QED) is 0.385. The van der Waals surface area contributed by atoms with E-state index in [0.29, 0.717) is 31.5 Å². The van der Waals surface area contributed by atoms with Gasteiger partial charge in [0.2, 0.25) is 0 Å². The minimum absolute atomic E-state index is 0.0537. The first kappa shape index (κ1) is 27.5. The van der Waals surface area contributed by atoms with Crippen LogP contribution in [0.15, 0.2) is 36.9 Å². The molecule has 2 heterocycles. The van der Waals surface area contributed by atoms with Gasteiger partial charge in [0, 0.05) is 43.0 Å². The van der Waals surface area contributed by atoms with Crippen LogP contribution >= 0.6 is 0 Å². The van der Waals surface area contributed by atoms with E-state index in [2.05, 4.69) is 16.8 Å². The van der Waals surface area contributed by atoms with Crippen LogP contribution in [-0.4, -0.2) is 60.9 Å². The summed E-state index contributed by atoms with van der Waals surface area (Å²) >= 11 is 0. The molecule has 0 aromatic heterocycles. The maximum atomic E-state index is 15.6. The lowest BCUT2D eigenvalue weighted by Gasteiger charge is -2.42. The summed E-state index contributed by atoms with van der Waals surface area (Å²) in [6.07, 6.45) is -3.03. The first-order valence-electron chi connectivity index (χ1n) is 12.6. The van der Waals surface area contributed by atoms with Crippen molar-refractivity contribution in [3.63, 3.8) is 0 Å². The summed E-state index contributed by atoms with van der Waals surface area (Å²) in [7, 11) is 0. The summed E-state index contributed by atoms with van der Waals surface area (Å²) in [6.45, 7) is 7.74. The predicted octanol–water partition coefficient (Wildman–Crippen LogP) is 6.74. The Balaban J connectivity index is 1.68. The Bertz CT molecular complexity index is 1110. The van der Waals surface area contributed by atoms with E-state index in [9.17, 15) is 17.6 Å². The normalized spacial score (nSPS) is 22.8. The molecule has 2 aromatic carbocycles. The van der Waals surface area contributed by atoms with Gasteiger partial charge in [0.15, 0.2) is 0 Å². The maximum absolute atomic E-state index is 15.6. The number of hydrogen-bond acceptors (Lipinski definition) is 3. The van der Waals surface area contributed by atoms with Crippen LogP contribution in [0.2, 0.25) is 0 Å². The fourth-order valence-electron chi connectivity index (χ4n) is 5.56. The Morgan fingerprint density at radius 1 is 1.14 bits per heavy atom. The summed E-state index contributed by atoms with van der Waals surface area (Å²) < 4.78 is 84.4. The van der Waals surface area contributed by atoms with Crippen LogP contribution in [0.25, 0.3) is 5.57 Å². The van der Waals surface area contributed by atoms with Gasteiger partial charge in [-0.2, -0.15) is 13.2 Å². The molecule has 9 heteroatoms. The molecule has 0 radical (unpaired) electrons. The molecule has 0 aliphatic carbocycles. The lowest BCUT2D eigenvalue weighted by Crippen LogP contribution is -2.47. The molecule has 0 spiro atoms. The molecule has 3 nitrogen and oxygen atoms in total. The molecule has 202 valence electrons. The van der Waals surface area contributed by atoms with E-state index in [1.54, 1.807) is 19.1 Å². The molecule has 1 saturated heterocycles. The highest BCUT2D eigenvalue weighted by Gasteiger charge is 2.42. The molecular formula is C28H33F6N3. The van der Waals surface area contributed by atoms with Crippen LogP contribution in [-0.2, 0) is 6.42 Å². The van der Waals surface area contributed by atoms with Gasteiger partial charge in [0.05, 0.1) is 19.3 Å². The molecule has 1 N–H and O–H groups in total. The second-order valence-electron chi connectivity index (χ2n) is 10.3. The first-order valence-corrected chi connectivity index (χ1v) is 12.6. The van der Waals surface area contributed by atoms with Crippen LogP contribution < -0.4 is 5.32 Å². The number of fused-ring (bicyclic) bond motifs is 1. The highest BCUT2D eigenvalue weighted by atomic mass is 19.4. The maximum Gasteiger partial charge on any atom is 0.401 e. The smallest absolute Gasteiger partial charge is 0.381 e. The van der Waals surface area contributed by atoms with Gasteiger partial charge in [-0.05, 0) is 61.9 Å². The van der Waals surface area contributed by atoms with Crippen molar-refractivity contribution in [3.8, 4) is 0 Å². The number of likely N-dealkylation sites (tertiary alicyclic amines) is 1. The molecule has 2 aromatic rings. The Hall–Kier alpha value is -2.52. The molecule has 0 bridgehead atoms. The van der Waals surface area contributed by atoms with Crippen molar-refractivity contribution >= 4 is 11.3 Å². The van der Waals surface area contributed by atoms with Crippen LogP contribution in [0.4, 0.5) is 32.0 Å². The molecular weight excluding hydrogens is 492 g/mol. The summed E-state index contributed by atoms with van der Waals surface area (Å²) in [4.78, 5) is 3.23. The molecule has 37 heavy (non-hydrogen) atoms. The van der Waals surface area contributed by atoms with Crippen molar-refractivity contribution < 1.29 is 26.3 Å². The molecule has 4 rings (SSSR count). The van der Waals surface area contributed by atoms with Crippen LogP contribution in [0.3, 0.4) is 0 Å². The zero-order valence-corrected chi connectivity index (χ0v) is 21.1. The standard InChI is InChI=1S/C28H33F6N3/c1-17(2)19-5-6-23-20(12-19)11-18(3)37(16-28(32,33)34)27(23)26-24(30)13-22(14-25(26)31)35-21-7-10-36(15-21)9-4-8-29/h5-6,12-14,18,21,27,35H,1,4,7-11,15-16H2,2-3H3/t18-,21?,27?/m1/s1. The van der Waals surface area contributed by atoms with Crippen molar-refractivity contribution in [2.24, 2.45) is 0 Å². The lowest BCUT2D eigenvalue weighted by atomic mass is 9.83. The van der Waals surface area contributed by atoms with Crippen molar-refractivity contribution in [2.45, 2.75) is 57.4 Å². The number of rotatable bonds is 8. The number of hydrogen-bond donors (Lipinski definition) is 1. The van der Waals surface area contributed by atoms with Crippen molar-refractivity contribution in [3.05, 3.63) is 70.8 Å². The number of nitrogens with zero attached hydrogens (tertiary/aromatic N) is 2. The summed E-state index contributed by atoms with van der Waals surface area (Å²) in [5.41, 5.74) is 2.71. The number of anilines is 1. The molecule has 2 aliphatic heterocycles. The fraction of sp³-hybridized carbons (Fsp3) is 0.500. The molecule has 0 amide bonds. The summed E-state index contributed by atoms with van der Waals surface area (Å²) in [5, 5.41) is 3.14. The largest absolute Gasteiger partial charge is 0.401 e.